The second-order valence-electron chi connectivity index (χ2n) is 4.29. The first-order valence-electron chi connectivity index (χ1n) is 4.59. The van der Waals surface area contributed by atoms with Crippen LogP contribution in [-0.4, -0.2) is 30.8 Å². The second-order valence-corrected chi connectivity index (χ2v) is 4.29. The third-order valence-corrected chi connectivity index (χ3v) is 1.63. The normalized spacial score (nSPS) is 11.3. The molecule has 0 aromatic carbocycles. The molecule has 0 aromatic heterocycles. The van der Waals surface area contributed by atoms with Crippen LogP contribution in [0.5, 0.6) is 0 Å². The molecular weight excluding hydrogens is 168 g/mol. The summed E-state index contributed by atoms with van der Waals surface area (Å²) in [6.07, 6.45) is 0.137. The molecule has 0 aliphatic carbocycles. The molecule has 0 aromatic rings. The van der Waals surface area contributed by atoms with E-state index < -0.39 is 6.09 Å². The highest BCUT2D eigenvalue weighted by atomic mass is 16.4. The lowest BCUT2D eigenvalue weighted by molar-refractivity contribution is 0.194. The van der Waals surface area contributed by atoms with Gasteiger partial charge >= 0.3 is 6.09 Å². The van der Waals surface area contributed by atoms with Gasteiger partial charge in [0.15, 0.2) is 0 Å². The van der Waals surface area contributed by atoms with Crippen molar-refractivity contribution < 1.29 is 9.90 Å². The van der Waals surface area contributed by atoms with Crippen molar-refractivity contribution in [2.75, 3.05) is 19.6 Å². The monoisotopic (exact) mass is 188 g/mol. The molecule has 0 aliphatic heterocycles. The van der Waals surface area contributed by atoms with E-state index in [1.54, 1.807) is 0 Å². The van der Waals surface area contributed by atoms with E-state index in [0.717, 1.165) is 13.0 Å². The quantitative estimate of drug-likeness (QED) is 0.569. The molecule has 0 radical (unpaired) electrons. The third kappa shape index (κ3) is 11.2. The number of amides is 1. The minimum atomic E-state index is -0.961. The summed E-state index contributed by atoms with van der Waals surface area (Å²) in [6, 6.07) is 0. The summed E-state index contributed by atoms with van der Waals surface area (Å²) >= 11 is 0. The lowest BCUT2D eigenvalue weighted by atomic mass is 9.92. The van der Waals surface area contributed by atoms with Crippen molar-refractivity contribution in [1.29, 1.82) is 0 Å². The summed E-state index contributed by atoms with van der Waals surface area (Å²) < 4.78 is 0. The van der Waals surface area contributed by atoms with E-state index >= 15 is 0 Å². The Kier molecular flexibility index (Phi) is 5.46. The van der Waals surface area contributed by atoms with Gasteiger partial charge in [-0.05, 0) is 18.4 Å². The zero-order valence-corrected chi connectivity index (χ0v) is 8.68. The molecule has 13 heavy (non-hydrogen) atoms. The lowest BCUT2D eigenvalue weighted by Crippen LogP contribution is -2.32. The van der Waals surface area contributed by atoms with Gasteiger partial charge in [-0.25, -0.2) is 4.79 Å². The van der Waals surface area contributed by atoms with Gasteiger partial charge in [-0.15, -0.1) is 0 Å². The van der Waals surface area contributed by atoms with Gasteiger partial charge in [0, 0.05) is 13.1 Å². The molecule has 4 heteroatoms. The average molecular weight is 188 g/mol. The third-order valence-electron chi connectivity index (χ3n) is 1.63. The summed E-state index contributed by atoms with van der Waals surface area (Å²) in [4.78, 5) is 10.1. The second kappa shape index (κ2) is 5.80. The van der Waals surface area contributed by atoms with Crippen molar-refractivity contribution in [3.8, 4) is 0 Å². The summed E-state index contributed by atoms with van der Waals surface area (Å²) in [5.74, 6) is 0. The minimum absolute atomic E-state index is 0.341. The van der Waals surface area contributed by atoms with E-state index in [0.29, 0.717) is 18.5 Å². The standard InChI is InChI=1S/C9H20N2O2/c1-9(2,3)4-5-10-6-7-11-8(12)13/h10-11H,4-7H2,1-3H3,(H,12,13). The first kappa shape index (κ1) is 12.2. The highest BCUT2D eigenvalue weighted by Gasteiger charge is 2.08. The SMILES string of the molecule is CC(C)(C)CCNCCNC(=O)O. The zero-order valence-electron chi connectivity index (χ0n) is 8.68. The fourth-order valence-corrected chi connectivity index (χ4v) is 0.846. The van der Waals surface area contributed by atoms with Crippen LogP contribution < -0.4 is 10.6 Å². The van der Waals surface area contributed by atoms with Crippen LogP contribution in [0.15, 0.2) is 0 Å². The fraction of sp³-hybridized carbons (Fsp3) is 0.889. The smallest absolute Gasteiger partial charge is 0.404 e. The van der Waals surface area contributed by atoms with Crippen LogP contribution in [0, 0.1) is 5.41 Å². The first-order valence-corrected chi connectivity index (χ1v) is 4.59. The predicted octanol–water partition coefficient (Wildman–Crippen LogP) is 1.28. The maximum Gasteiger partial charge on any atom is 0.404 e. The molecule has 0 aliphatic rings. The van der Waals surface area contributed by atoms with Gasteiger partial charge in [0.05, 0.1) is 0 Å². The highest BCUT2D eigenvalue weighted by Crippen LogP contribution is 2.16. The number of carboxylic acid groups (broad SMARTS) is 1. The van der Waals surface area contributed by atoms with Crippen LogP contribution >= 0.6 is 0 Å². The molecular formula is C9H20N2O2. The molecule has 0 unspecified atom stereocenters. The zero-order chi connectivity index (χ0) is 10.3. The van der Waals surface area contributed by atoms with E-state index in [-0.39, 0.29) is 0 Å². The number of hydrogen-bond donors (Lipinski definition) is 3. The summed E-state index contributed by atoms with van der Waals surface area (Å²) in [5, 5.41) is 13.7. The molecule has 78 valence electrons. The molecule has 4 nitrogen and oxygen atoms in total. The van der Waals surface area contributed by atoms with E-state index in [1.807, 2.05) is 0 Å². The number of nitrogens with one attached hydrogen (secondary N) is 2. The molecule has 0 saturated carbocycles. The minimum Gasteiger partial charge on any atom is -0.465 e. The largest absolute Gasteiger partial charge is 0.465 e. The first-order chi connectivity index (χ1) is 5.92. The average Bonchev–Trinajstić information content (AvgIpc) is 1.93. The molecule has 1 amide bonds. The van der Waals surface area contributed by atoms with Gasteiger partial charge in [-0.1, -0.05) is 20.8 Å². The van der Waals surface area contributed by atoms with E-state index in [9.17, 15) is 4.79 Å². The summed E-state index contributed by atoms with van der Waals surface area (Å²) in [6.45, 7) is 8.66. The van der Waals surface area contributed by atoms with E-state index in [2.05, 4.69) is 31.4 Å². The summed E-state index contributed by atoms with van der Waals surface area (Å²) in [7, 11) is 0. The topological polar surface area (TPSA) is 61.4 Å². The molecule has 0 saturated heterocycles. The molecule has 0 spiro atoms. The van der Waals surface area contributed by atoms with E-state index in [1.165, 1.54) is 0 Å². The van der Waals surface area contributed by atoms with Crippen molar-refractivity contribution in [3.05, 3.63) is 0 Å². The van der Waals surface area contributed by atoms with Crippen LogP contribution in [0.3, 0.4) is 0 Å². The Bertz CT molecular complexity index is 152. The van der Waals surface area contributed by atoms with Crippen molar-refractivity contribution in [2.45, 2.75) is 27.2 Å². The molecule has 3 N–H and O–H groups in total. The Labute approximate surface area is 79.7 Å². The Morgan fingerprint density at radius 1 is 1.23 bits per heavy atom. The van der Waals surface area contributed by atoms with Crippen LogP contribution in [0.1, 0.15) is 27.2 Å². The predicted molar refractivity (Wildman–Crippen MR) is 53.0 cm³/mol. The number of rotatable bonds is 5. The van der Waals surface area contributed by atoms with E-state index in [4.69, 9.17) is 5.11 Å². The molecule has 0 bridgehead atoms. The van der Waals surface area contributed by atoms with Gasteiger partial charge in [0.1, 0.15) is 0 Å². The molecule has 0 heterocycles. The highest BCUT2D eigenvalue weighted by molar-refractivity contribution is 5.64. The van der Waals surface area contributed by atoms with Crippen molar-refractivity contribution in [2.24, 2.45) is 5.41 Å². The van der Waals surface area contributed by atoms with Crippen molar-refractivity contribution in [1.82, 2.24) is 10.6 Å². The molecule has 0 fully saturated rings. The number of carbonyl (C=O) groups is 1. The van der Waals surface area contributed by atoms with Gasteiger partial charge in [-0.2, -0.15) is 0 Å². The van der Waals surface area contributed by atoms with Gasteiger partial charge in [0.2, 0.25) is 0 Å². The summed E-state index contributed by atoms with van der Waals surface area (Å²) in [5.41, 5.74) is 0.341. The van der Waals surface area contributed by atoms with Crippen LogP contribution in [0.2, 0.25) is 0 Å². The van der Waals surface area contributed by atoms with Crippen molar-refractivity contribution in [3.63, 3.8) is 0 Å². The number of hydrogen-bond acceptors (Lipinski definition) is 2. The molecule has 0 rings (SSSR count). The fourth-order valence-electron chi connectivity index (χ4n) is 0.846. The Balaban J connectivity index is 3.13. The van der Waals surface area contributed by atoms with Crippen LogP contribution in [-0.2, 0) is 0 Å². The Morgan fingerprint density at radius 2 is 1.85 bits per heavy atom. The molecule has 0 atom stereocenters. The maximum absolute atomic E-state index is 10.1. The lowest BCUT2D eigenvalue weighted by Gasteiger charge is -2.17. The van der Waals surface area contributed by atoms with Gasteiger partial charge in [0.25, 0.3) is 0 Å². The van der Waals surface area contributed by atoms with Gasteiger partial charge < -0.3 is 15.7 Å². The van der Waals surface area contributed by atoms with Crippen molar-refractivity contribution >= 4 is 6.09 Å². The Morgan fingerprint density at radius 3 is 2.31 bits per heavy atom. The Hall–Kier alpha value is -0.770. The maximum atomic E-state index is 10.1. The van der Waals surface area contributed by atoms with Gasteiger partial charge in [-0.3, -0.25) is 0 Å². The van der Waals surface area contributed by atoms with Crippen LogP contribution in [0.4, 0.5) is 4.79 Å². The van der Waals surface area contributed by atoms with Crippen LogP contribution in [0.25, 0.3) is 0 Å².